The van der Waals surface area contributed by atoms with Crippen LogP contribution < -0.4 is 14.8 Å². The first kappa shape index (κ1) is 24.7. The summed E-state index contributed by atoms with van der Waals surface area (Å²) < 4.78 is 15.8. The van der Waals surface area contributed by atoms with Gasteiger partial charge in [-0.25, -0.2) is 0 Å². The van der Waals surface area contributed by atoms with Gasteiger partial charge in [-0.05, 0) is 69.3 Å². The van der Waals surface area contributed by atoms with E-state index in [0.29, 0.717) is 36.7 Å². The number of hydrogen-bond donors (Lipinski definition) is 1. The topological polar surface area (TPSA) is 94.2 Å². The van der Waals surface area contributed by atoms with Gasteiger partial charge in [0.05, 0.1) is 19.6 Å². The average molecular weight is 443 g/mol. The Morgan fingerprint density at radius 3 is 2.00 bits per heavy atom. The second-order valence-corrected chi connectivity index (χ2v) is 6.77. The normalized spacial score (nSPS) is 10.2. The second-order valence-electron chi connectivity index (χ2n) is 6.77. The van der Waals surface area contributed by atoms with E-state index in [4.69, 9.17) is 14.2 Å². The van der Waals surface area contributed by atoms with E-state index in [9.17, 15) is 14.4 Å². The number of anilines is 1. The summed E-state index contributed by atoms with van der Waals surface area (Å²) in [6.07, 6.45) is 0.0165. The first-order valence-electron chi connectivity index (χ1n) is 10.7. The van der Waals surface area contributed by atoms with Crippen molar-refractivity contribution in [3.05, 3.63) is 54.1 Å². The zero-order valence-electron chi connectivity index (χ0n) is 18.8. The monoisotopic (exact) mass is 442 g/mol. The third-order valence-corrected chi connectivity index (χ3v) is 4.54. The van der Waals surface area contributed by atoms with Crippen LogP contribution in [0.25, 0.3) is 0 Å². The zero-order valence-corrected chi connectivity index (χ0v) is 18.8. The van der Waals surface area contributed by atoms with Crippen molar-refractivity contribution in [3.63, 3.8) is 0 Å². The maximum absolute atomic E-state index is 12.3. The predicted molar refractivity (Wildman–Crippen MR) is 121 cm³/mol. The van der Waals surface area contributed by atoms with Crippen LogP contribution in [0.1, 0.15) is 37.6 Å². The number of rotatable bonds is 12. The van der Waals surface area contributed by atoms with Crippen LogP contribution in [-0.4, -0.2) is 55.6 Å². The lowest BCUT2D eigenvalue weighted by molar-refractivity contribution is -0.147. The third-order valence-electron chi connectivity index (χ3n) is 4.54. The molecule has 32 heavy (non-hydrogen) atoms. The Labute approximate surface area is 188 Å². The van der Waals surface area contributed by atoms with Crippen molar-refractivity contribution >= 4 is 23.5 Å². The molecule has 0 bridgehead atoms. The number of carbonyl (C=O) groups is 3. The number of ether oxygens (including phenoxy) is 3. The molecule has 8 heteroatoms. The summed E-state index contributed by atoms with van der Waals surface area (Å²) in [7, 11) is 0. The van der Waals surface area contributed by atoms with Crippen molar-refractivity contribution in [2.75, 3.05) is 38.2 Å². The summed E-state index contributed by atoms with van der Waals surface area (Å²) in [5.74, 6) is 0.298. The van der Waals surface area contributed by atoms with Gasteiger partial charge in [0, 0.05) is 24.3 Å². The lowest BCUT2D eigenvalue weighted by atomic mass is 10.2. The Bertz CT molecular complexity index is 876. The Hall–Kier alpha value is -3.55. The van der Waals surface area contributed by atoms with E-state index in [1.54, 1.807) is 53.4 Å². The number of benzene rings is 2. The Kier molecular flexibility index (Phi) is 10.0. The minimum atomic E-state index is -0.536. The molecule has 0 aliphatic heterocycles. The molecule has 2 rings (SSSR count). The standard InChI is InChI=1S/C24H30N2O6/c1-4-26(5-2)24(29)18-7-9-19(10-8-18)25-22(27)17-32-23(28)15-16-31-21-13-11-20(12-14-21)30-6-3/h7-14H,4-6,15-17H2,1-3H3,(H,25,27). The quantitative estimate of drug-likeness (QED) is 0.506. The maximum atomic E-state index is 12.3. The molecule has 0 aliphatic carbocycles. The maximum Gasteiger partial charge on any atom is 0.309 e. The van der Waals surface area contributed by atoms with E-state index < -0.39 is 18.5 Å². The highest BCUT2D eigenvalue weighted by Gasteiger charge is 2.13. The Balaban J connectivity index is 1.69. The number of carbonyl (C=O) groups excluding carboxylic acids is 3. The van der Waals surface area contributed by atoms with Gasteiger partial charge in [0.25, 0.3) is 11.8 Å². The lowest BCUT2D eigenvalue weighted by Crippen LogP contribution is -2.30. The fourth-order valence-electron chi connectivity index (χ4n) is 2.86. The first-order chi connectivity index (χ1) is 15.5. The van der Waals surface area contributed by atoms with Crippen molar-refractivity contribution in [1.29, 1.82) is 0 Å². The van der Waals surface area contributed by atoms with Crippen molar-refractivity contribution in [2.24, 2.45) is 0 Å². The molecular weight excluding hydrogens is 412 g/mol. The van der Waals surface area contributed by atoms with Gasteiger partial charge in [0.2, 0.25) is 0 Å². The van der Waals surface area contributed by atoms with E-state index in [0.717, 1.165) is 5.75 Å². The number of nitrogens with one attached hydrogen (secondary N) is 1. The molecule has 0 fully saturated rings. The van der Waals surface area contributed by atoms with Crippen molar-refractivity contribution in [3.8, 4) is 11.5 Å². The fraction of sp³-hybridized carbons (Fsp3) is 0.375. The van der Waals surface area contributed by atoms with E-state index in [2.05, 4.69) is 5.32 Å². The highest BCUT2D eigenvalue weighted by molar-refractivity contribution is 5.96. The zero-order chi connectivity index (χ0) is 23.3. The van der Waals surface area contributed by atoms with Gasteiger partial charge >= 0.3 is 5.97 Å². The molecule has 2 amide bonds. The summed E-state index contributed by atoms with van der Waals surface area (Å²) in [5.41, 5.74) is 1.06. The highest BCUT2D eigenvalue weighted by atomic mass is 16.5. The molecule has 8 nitrogen and oxygen atoms in total. The van der Waals surface area contributed by atoms with Gasteiger partial charge < -0.3 is 24.4 Å². The molecule has 0 atom stereocenters. The summed E-state index contributed by atoms with van der Waals surface area (Å²) in [6, 6.07) is 13.7. The van der Waals surface area contributed by atoms with Gasteiger partial charge in [0.1, 0.15) is 11.5 Å². The van der Waals surface area contributed by atoms with Crippen LogP contribution in [-0.2, 0) is 14.3 Å². The van der Waals surface area contributed by atoms with Gasteiger partial charge in [-0.2, -0.15) is 0 Å². The molecule has 0 radical (unpaired) electrons. The Morgan fingerprint density at radius 2 is 1.44 bits per heavy atom. The minimum Gasteiger partial charge on any atom is -0.494 e. The largest absolute Gasteiger partial charge is 0.494 e. The molecule has 0 unspecified atom stereocenters. The predicted octanol–water partition coefficient (Wildman–Crippen LogP) is 3.52. The molecule has 0 aromatic heterocycles. The summed E-state index contributed by atoms with van der Waals surface area (Å²) >= 11 is 0. The molecule has 0 spiro atoms. The molecule has 0 saturated carbocycles. The molecule has 0 heterocycles. The van der Waals surface area contributed by atoms with Gasteiger partial charge in [-0.1, -0.05) is 0 Å². The molecule has 0 aliphatic rings. The van der Waals surface area contributed by atoms with Crippen molar-refractivity contribution in [2.45, 2.75) is 27.2 Å². The first-order valence-corrected chi connectivity index (χ1v) is 10.7. The highest BCUT2D eigenvalue weighted by Crippen LogP contribution is 2.17. The fourth-order valence-corrected chi connectivity index (χ4v) is 2.86. The van der Waals surface area contributed by atoms with Crippen LogP contribution in [0.15, 0.2) is 48.5 Å². The minimum absolute atomic E-state index is 0.0165. The smallest absolute Gasteiger partial charge is 0.309 e. The van der Waals surface area contributed by atoms with Crippen LogP contribution in [0.4, 0.5) is 5.69 Å². The van der Waals surface area contributed by atoms with E-state index in [1.165, 1.54) is 0 Å². The third kappa shape index (κ3) is 7.94. The number of amides is 2. The van der Waals surface area contributed by atoms with E-state index in [1.807, 2.05) is 20.8 Å². The molecule has 1 N–H and O–H groups in total. The molecule has 2 aromatic rings. The van der Waals surface area contributed by atoms with Gasteiger partial charge in [-0.3, -0.25) is 14.4 Å². The van der Waals surface area contributed by atoms with E-state index >= 15 is 0 Å². The van der Waals surface area contributed by atoms with Crippen LogP contribution in [0.2, 0.25) is 0 Å². The molecule has 2 aromatic carbocycles. The van der Waals surface area contributed by atoms with Crippen LogP contribution in [0.3, 0.4) is 0 Å². The summed E-state index contributed by atoms with van der Waals surface area (Å²) in [5, 5.41) is 2.63. The van der Waals surface area contributed by atoms with E-state index in [-0.39, 0.29) is 18.9 Å². The van der Waals surface area contributed by atoms with Gasteiger partial charge in [-0.15, -0.1) is 0 Å². The molecule has 172 valence electrons. The number of hydrogen-bond acceptors (Lipinski definition) is 6. The molecular formula is C24H30N2O6. The summed E-state index contributed by atoms with van der Waals surface area (Å²) in [6.45, 7) is 7.32. The van der Waals surface area contributed by atoms with Crippen molar-refractivity contribution in [1.82, 2.24) is 4.90 Å². The number of nitrogens with zero attached hydrogens (tertiary/aromatic N) is 1. The van der Waals surface area contributed by atoms with Crippen LogP contribution >= 0.6 is 0 Å². The number of esters is 1. The molecule has 0 saturated heterocycles. The lowest BCUT2D eigenvalue weighted by Gasteiger charge is -2.18. The summed E-state index contributed by atoms with van der Waals surface area (Å²) in [4.78, 5) is 37.9. The SMILES string of the molecule is CCOc1ccc(OCCC(=O)OCC(=O)Nc2ccc(C(=O)N(CC)CC)cc2)cc1. The van der Waals surface area contributed by atoms with Crippen LogP contribution in [0.5, 0.6) is 11.5 Å². The van der Waals surface area contributed by atoms with Crippen LogP contribution in [0, 0.1) is 0 Å². The average Bonchev–Trinajstić information content (AvgIpc) is 2.80. The Morgan fingerprint density at radius 1 is 0.844 bits per heavy atom. The second kappa shape index (κ2) is 13.0. The van der Waals surface area contributed by atoms with Crippen molar-refractivity contribution < 1.29 is 28.6 Å². The van der Waals surface area contributed by atoms with Gasteiger partial charge in [0.15, 0.2) is 6.61 Å².